The molecule has 4 rings (SSSR count). The molecule has 2 aromatic carbocycles. The second-order valence-corrected chi connectivity index (χ2v) is 9.93. The molecule has 4 nitrogen and oxygen atoms in total. The Labute approximate surface area is 215 Å². The van der Waals surface area contributed by atoms with E-state index in [-0.39, 0.29) is 17.7 Å². The third-order valence-electron chi connectivity index (χ3n) is 6.58. The van der Waals surface area contributed by atoms with Gasteiger partial charge >= 0.3 is 6.18 Å². The van der Waals surface area contributed by atoms with Gasteiger partial charge in [0.2, 0.25) is 0 Å². The zero-order valence-corrected chi connectivity index (χ0v) is 21.4. The molecule has 0 bridgehead atoms. The highest BCUT2D eigenvalue weighted by Crippen LogP contribution is 2.35. The maximum atomic E-state index is 13.7. The summed E-state index contributed by atoms with van der Waals surface area (Å²) in [5, 5.41) is 8.57. The molecule has 2 atom stereocenters. The summed E-state index contributed by atoms with van der Waals surface area (Å²) in [7, 11) is 0. The van der Waals surface area contributed by atoms with Crippen molar-refractivity contribution in [2.45, 2.75) is 46.1 Å². The number of hydrogen-bond acceptors (Lipinski definition) is 3. The van der Waals surface area contributed by atoms with Gasteiger partial charge in [0.15, 0.2) is 0 Å². The van der Waals surface area contributed by atoms with Crippen LogP contribution in [-0.2, 0) is 12.7 Å². The van der Waals surface area contributed by atoms with Gasteiger partial charge < -0.3 is 10.2 Å². The van der Waals surface area contributed by atoms with Crippen LogP contribution >= 0.6 is 0 Å². The minimum absolute atomic E-state index is 0.00211. The minimum Gasteiger partial charge on any atom is -0.370 e. The van der Waals surface area contributed by atoms with Crippen LogP contribution in [0.25, 0.3) is 17.0 Å². The highest BCUT2D eigenvalue weighted by Gasteiger charge is 2.34. The van der Waals surface area contributed by atoms with Gasteiger partial charge in [0.25, 0.3) is 0 Å². The summed E-state index contributed by atoms with van der Waals surface area (Å²) in [5.74, 6) is 0.611. The number of allylic oxidation sites excluding steroid dienone is 1. The summed E-state index contributed by atoms with van der Waals surface area (Å²) in [6.45, 7) is 15.4. The maximum absolute atomic E-state index is 13.7. The van der Waals surface area contributed by atoms with Gasteiger partial charge in [-0.15, -0.1) is 0 Å². The molecule has 0 saturated carbocycles. The third kappa shape index (κ3) is 6.24. The average Bonchev–Trinajstić information content (AvgIpc) is 3.42. The van der Waals surface area contributed by atoms with Gasteiger partial charge in [-0.2, -0.15) is 18.3 Å². The van der Waals surface area contributed by atoms with Gasteiger partial charge in [-0.3, -0.25) is 4.68 Å². The van der Waals surface area contributed by atoms with Gasteiger partial charge in [-0.25, -0.2) is 4.39 Å². The predicted molar refractivity (Wildman–Crippen MR) is 140 cm³/mol. The fourth-order valence-electron chi connectivity index (χ4n) is 4.62. The molecule has 8 heteroatoms. The van der Waals surface area contributed by atoms with Crippen LogP contribution in [0.15, 0.2) is 72.8 Å². The highest BCUT2D eigenvalue weighted by molar-refractivity contribution is 5.81. The molecule has 3 aromatic rings. The van der Waals surface area contributed by atoms with E-state index in [2.05, 4.69) is 35.4 Å². The van der Waals surface area contributed by atoms with Crippen molar-refractivity contribution in [3.63, 3.8) is 0 Å². The van der Waals surface area contributed by atoms with Crippen molar-refractivity contribution in [3.05, 3.63) is 95.1 Å². The summed E-state index contributed by atoms with van der Waals surface area (Å²) in [4.78, 5) is 2.26. The zero-order chi connectivity index (χ0) is 26.9. The number of hydrogen-bond donors (Lipinski definition) is 1. The molecular weight excluding hydrogens is 480 g/mol. The van der Waals surface area contributed by atoms with Crippen molar-refractivity contribution in [2.24, 2.45) is 5.92 Å². The molecule has 1 N–H and O–H groups in total. The Kier molecular flexibility index (Phi) is 7.48. The van der Waals surface area contributed by atoms with Crippen LogP contribution in [0.4, 0.5) is 17.6 Å². The molecular formula is C29H32F4N4. The molecule has 0 aliphatic carbocycles. The van der Waals surface area contributed by atoms with Crippen LogP contribution in [-0.4, -0.2) is 27.8 Å². The van der Waals surface area contributed by atoms with Crippen molar-refractivity contribution in [1.82, 2.24) is 20.0 Å². The van der Waals surface area contributed by atoms with E-state index in [4.69, 9.17) is 0 Å². The lowest BCUT2D eigenvalue weighted by molar-refractivity contribution is -0.138. The number of benzene rings is 2. The van der Waals surface area contributed by atoms with Crippen LogP contribution < -0.4 is 5.32 Å². The number of halogens is 4. The van der Waals surface area contributed by atoms with E-state index in [0.717, 1.165) is 53.6 Å². The first-order chi connectivity index (χ1) is 17.4. The zero-order valence-electron chi connectivity index (χ0n) is 21.4. The standard InChI is InChI=1S/C29H32F4N4/c1-18(2)34-28(21(5)36-11-10-19(3)15-36)13-22-6-9-27-25(12-22)17-37(35-27)16-24-8-7-23(20(4)30)14-26(24)29(31,32)33/h6-9,12-14,17,19-20,34H,1,5,10-11,15-16H2,2-4H3/b28-13-. The van der Waals surface area contributed by atoms with Gasteiger partial charge in [-0.05, 0) is 67.2 Å². The number of rotatable bonds is 8. The fourth-order valence-corrected chi connectivity index (χ4v) is 4.62. The second-order valence-electron chi connectivity index (χ2n) is 9.93. The smallest absolute Gasteiger partial charge is 0.370 e. The average molecular weight is 513 g/mol. The Morgan fingerprint density at radius 1 is 1.22 bits per heavy atom. The highest BCUT2D eigenvalue weighted by atomic mass is 19.4. The molecule has 2 unspecified atom stereocenters. The molecule has 1 saturated heterocycles. The number of nitrogens with one attached hydrogen (secondary N) is 1. The quantitative estimate of drug-likeness (QED) is 0.251. The number of likely N-dealkylation sites (tertiary alicyclic amines) is 1. The van der Waals surface area contributed by atoms with Gasteiger partial charge in [0, 0.05) is 30.4 Å². The first kappa shape index (κ1) is 26.5. The first-order valence-corrected chi connectivity index (χ1v) is 12.3. The number of aromatic nitrogens is 2. The monoisotopic (exact) mass is 512 g/mol. The predicted octanol–water partition coefficient (Wildman–Crippen LogP) is 7.45. The van der Waals surface area contributed by atoms with Gasteiger partial charge in [-0.1, -0.05) is 38.3 Å². The van der Waals surface area contributed by atoms with Crippen molar-refractivity contribution in [3.8, 4) is 0 Å². The summed E-state index contributed by atoms with van der Waals surface area (Å²) in [6, 6.07) is 9.31. The molecule has 0 spiro atoms. The fraction of sp³-hybridized carbons (Fsp3) is 0.345. The Balaban J connectivity index is 1.63. The molecule has 0 amide bonds. The van der Waals surface area contributed by atoms with E-state index in [0.29, 0.717) is 11.4 Å². The first-order valence-electron chi connectivity index (χ1n) is 12.3. The molecule has 196 valence electrons. The van der Waals surface area contributed by atoms with Crippen molar-refractivity contribution in [1.29, 1.82) is 0 Å². The van der Waals surface area contributed by atoms with E-state index in [1.165, 1.54) is 23.7 Å². The Bertz CT molecular complexity index is 1350. The molecule has 1 aromatic heterocycles. The van der Waals surface area contributed by atoms with Crippen LogP contribution in [0.1, 0.15) is 55.6 Å². The summed E-state index contributed by atoms with van der Waals surface area (Å²) in [6.07, 6.45) is -1.23. The largest absolute Gasteiger partial charge is 0.416 e. The Hall–Kier alpha value is -3.55. The Morgan fingerprint density at radius 2 is 1.97 bits per heavy atom. The SMILES string of the molecule is C=C(C)N/C(=C\c1ccc2nn(Cc3ccc(C(C)F)cc3C(F)(F)F)cc2c1)C(=C)N1CCC(C)C1. The lowest BCUT2D eigenvalue weighted by atomic mass is 10.0. The topological polar surface area (TPSA) is 33.1 Å². The lowest BCUT2D eigenvalue weighted by Gasteiger charge is -2.24. The third-order valence-corrected chi connectivity index (χ3v) is 6.58. The molecule has 1 aliphatic rings. The van der Waals surface area contributed by atoms with E-state index < -0.39 is 17.9 Å². The van der Waals surface area contributed by atoms with Crippen molar-refractivity contribution < 1.29 is 17.6 Å². The molecule has 1 fully saturated rings. The minimum atomic E-state index is -4.59. The van der Waals surface area contributed by atoms with Crippen molar-refractivity contribution in [2.75, 3.05) is 13.1 Å². The number of fused-ring (bicyclic) bond motifs is 1. The van der Waals surface area contributed by atoms with Crippen LogP contribution in [0, 0.1) is 5.92 Å². The second kappa shape index (κ2) is 10.4. The van der Waals surface area contributed by atoms with Gasteiger partial charge in [0.1, 0.15) is 6.17 Å². The van der Waals surface area contributed by atoms with Crippen molar-refractivity contribution >= 4 is 17.0 Å². The maximum Gasteiger partial charge on any atom is 0.416 e. The molecule has 2 heterocycles. The number of nitrogens with zero attached hydrogens (tertiary/aromatic N) is 3. The van der Waals surface area contributed by atoms with E-state index in [1.807, 2.05) is 31.2 Å². The normalized spacial score (nSPS) is 17.3. The Morgan fingerprint density at radius 3 is 2.59 bits per heavy atom. The molecule has 37 heavy (non-hydrogen) atoms. The summed E-state index contributed by atoms with van der Waals surface area (Å²) < 4.78 is 56.2. The molecule has 1 aliphatic heterocycles. The lowest BCUT2D eigenvalue weighted by Crippen LogP contribution is -2.25. The van der Waals surface area contributed by atoms with Crippen LogP contribution in [0.5, 0.6) is 0 Å². The summed E-state index contributed by atoms with van der Waals surface area (Å²) in [5.41, 5.74) is 3.31. The number of alkyl halides is 4. The van der Waals surface area contributed by atoms with E-state index in [1.54, 1.807) is 6.20 Å². The van der Waals surface area contributed by atoms with Crippen LogP contribution in [0.2, 0.25) is 0 Å². The van der Waals surface area contributed by atoms with E-state index >= 15 is 0 Å². The molecule has 0 radical (unpaired) electrons. The summed E-state index contributed by atoms with van der Waals surface area (Å²) >= 11 is 0. The van der Waals surface area contributed by atoms with Gasteiger partial charge in [0.05, 0.1) is 29.0 Å². The van der Waals surface area contributed by atoms with E-state index in [9.17, 15) is 17.6 Å². The van der Waals surface area contributed by atoms with Crippen LogP contribution in [0.3, 0.4) is 0 Å².